The molecule has 1 N–H and O–H groups in total. The predicted octanol–water partition coefficient (Wildman–Crippen LogP) is 5.63. The van der Waals surface area contributed by atoms with Gasteiger partial charge in [0.15, 0.2) is 5.69 Å². The summed E-state index contributed by atoms with van der Waals surface area (Å²) in [6, 6.07) is 26.2. The average molecular weight is 477 g/mol. The number of pyridine rings is 1. The number of benzene rings is 3. The van der Waals surface area contributed by atoms with Crippen molar-refractivity contribution in [1.82, 2.24) is 20.0 Å². The summed E-state index contributed by atoms with van der Waals surface area (Å²) in [5.74, 6) is 0.137. The molecule has 5 aromatic rings. The molecule has 2 aromatic heterocycles. The number of aromatic nitrogens is 4. The lowest BCUT2D eigenvalue weighted by Crippen LogP contribution is -2.17. The molecule has 0 aliphatic heterocycles. The van der Waals surface area contributed by atoms with Crippen LogP contribution in [0.1, 0.15) is 32.9 Å². The van der Waals surface area contributed by atoms with E-state index < -0.39 is 0 Å². The van der Waals surface area contributed by atoms with Crippen LogP contribution in [-0.2, 0) is 6.54 Å². The van der Waals surface area contributed by atoms with Gasteiger partial charge in [0.2, 0.25) is 0 Å². The number of nitrogens with zero attached hydrogens (tertiary/aromatic N) is 5. The van der Waals surface area contributed by atoms with Gasteiger partial charge in [-0.15, -0.1) is 5.10 Å². The highest BCUT2D eigenvalue weighted by molar-refractivity contribution is 6.03. The maximum atomic E-state index is 13.0. The molecule has 0 fully saturated rings. The number of hydrogen-bond donors (Lipinski definition) is 1. The number of anilines is 2. The molecule has 1 amide bonds. The number of fused-ring (bicyclic) bond motifs is 1. The van der Waals surface area contributed by atoms with E-state index in [0.717, 1.165) is 28.7 Å². The quantitative estimate of drug-likeness (QED) is 0.344. The summed E-state index contributed by atoms with van der Waals surface area (Å²) in [7, 11) is 2.10. The number of nitrogens with one attached hydrogen (secondary N) is 1. The summed E-state index contributed by atoms with van der Waals surface area (Å²) in [6.45, 7) is 6.75. The van der Waals surface area contributed by atoms with Crippen LogP contribution < -0.4 is 10.2 Å². The summed E-state index contributed by atoms with van der Waals surface area (Å²) >= 11 is 0. The molecule has 0 aliphatic rings. The third-order valence-electron chi connectivity index (χ3n) is 6.39. The molecular formula is C29H28N6O. The second kappa shape index (κ2) is 9.62. The topological polar surface area (TPSA) is 75.9 Å². The third kappa shape index (κ3) is 4.55. The monoisotopic (exact) mass is 476 g/mol. The van der Waals surface area contributed by atoms with Gasteiger partial charge in [-0.25, -0.2) is 9.67 Å². The number of carbonyl (C=O) groups excluding carboxylic acids is 1. The Hall–Kier alpha value is -4.52. The molecule has 0 saturated carbocycles. The SMILES string of the molecule is Cc1ccccc1N(C)Cc1ccc2nc(NC(=O)c3nnn(-c4ccccc4C)c3C)ccc2c1. The third-order valence-corrected chi connectivity index (χ3v) is 6.39. The van der Waals surface area contributed by atoms with Crippen molar-refractivity contribution in [3.05, 3.63) is 107 Å². The molecule has 36 heavy (non-hydrogen) atoms. The van der Waals surface area contributed by atoms with Gasteiger partial charge in [-0.05, 0) is 73.9 Å². The number of amides is 1. The smallest absolute Gasteiger partial charge is 0.279 e. The zero-order valence-corrected chi connectivity index (χ0v) is 20.9. The summed E-state index contributed by atoms with van der Waals surface area (Å²) in [6.07, 6.45) is 0. The molecule has 3 aromatic carbocycles. The van der Waals surface area contributed by atoms with Crippen LogP contribution in [0, 0.1) is 20.8 Å². The van der Waals surface area contributed by atoms with Gasteiger partial charge in [-0.3, -0.25) is 4.79 Å². The van der Waals surface area contributed by atoms with Crippen LogP contribution in [0.15, 0.2) is 78.9 Å². The van der Waals surface area contributed by atoms with Crippen molar-refractivity contribution in [3.63, 3.8) is 0 Å². The van der Waals surface area contributed by atoms with Crippen LogP contribution in [0.2, 0.25) is 0 Å². The maximum Gasteiger partial charge on any atom is 0.279 e. The van der Waals surface area contributed by atoms with Crippen LogP contribution in [0.25, 0.3) is 16.6 Å². The minimum atomic E-state index is -0.337. The van der Waals surface area contributed by atoms with Crippen molar-refractivity contribution in [1.29, 1.82) is 0 Å². The molecule has 0 saturated heterocycles. The first-order valence-corrected chi connectivity index (χ1v) is 11.9. The Balaban J connectivity index is 1.33. The van der Waals surface area contributed by atoms with Crippen molar-refractivity contribution in [2.45, 2.75) is 27.3 Å². The summed E-state index contributed by atoms with van der Waals surface area (Å²) < 4.78 is 1.69. The van der Waals surface area contributed by atoms with E-state index in [0.29, 0.717) is 11.5 Å². The largest absolute Gasteiger partial charge is 0.370 e. The van der Waals surface area contributed by atoms with Gasteiger partial charge in [0.25, 0.3) is 5.91 Å². The lowest BCUT2D eigenvalue weighted by atomic mass is 10.1. The normalized spacial score (nSPS) is 11.0. The molecule has 7 heteroatoms. The zero-order valence-electron chi connectivity index (χ0n) is 20.9. The molecule has 0 atom stereocenters. The highest BCUT2D eigenvalue weighted by Crippen LogP contribution is 2.23. The van der Waals surface area contributed by atoms with Crippen LogP contribution in [0.3, 0.4) is 0 Å². The Morgan fingerprint density at radius 1 is 0.917 bits per heavy atom. The van der Waals surface area contributed by atoms with E-state index in [2.05, 4.69) is 75.9 Å². The van der Waals surface area contributed by atoms with E-state index in [4.69, 9.17) is 0 Å². The first kappa shape index (κ1) is 23.2. The minimum absolute atomic E-state index is 0.273. The summed E-state index contributed by atoms with van der Waals surface area (Å²) in [5, 5.41) is 12.2. The molecule has 0 spiro atoms. The van der Waals surface area contributed by atoms with Gasteiger partial charge >= 0.3 is 0 Å². The first-order chi connectivity index (χ1) is 17.4. The van der Waals surface area contributed by atoms with Crippen molar-refractivity contribution in [3.8, 4) is 5.69 Å². The second-order valence-corrected chi connectivity index (χ2v) is 9.04. The van der Waals surface area contributed by atoms with E-state index in [9.17, 15) is 4.79 Å². The van der Waals surface area contributed by atoms with Crippen LogP contribution >= 0.6 is 0 Å². The van der Waals surface area contributed by atoms with E-state index in [1.807, 2.05) is 56.3 Å². The van der Waals surface area contributed by atoms with Crippen molar-refractivity contribution in [2.24, 2.45) is 0 Å². The van der Waals surface area contributed by atoms with E-state index in [1.165, 1.54) is 16.8 Å². The van der Waals surface area contributed by atoms with Gasteiger partial charge in [-0.2, -0.15) is 0 Å². The number of aryl methyl sites for hydroxylation is 2. The summed E-state index contributed by atoms with van der Waals surface area (Å²) in [5.41, 5.74) is 7.36. The van der Waals surface area contributed by atoms with Crippen molar-refractivity contribution in [2.75, 3.05) is 17.3 Å². The van der Waals surface area contributed by atoms with Crippen LogP contribution in [0.5, 0.6) is 0 Å². The molecule has 2 heterocycles. The number of carbonyl (C=O) groups is 1. The fraction of sp³-hybridized carbons (Fsp3) is 0.172. The number of hydrogen-bond acceptors (Lipinski definition) is 5. The first-order valence-electron chi connectivity index (χ1n) is 11.9. The molecule has 180 valence electrons. The van der Waals surface area contributed by atoms with Gasteiger partial charge < -0.3 is 10.2 Å². The maximum absolute atomic E-state index is 13.0. The highest BCUT2D eigenvalue weighted by atomic mass is 16.2. The molecule has 0 bridgehead atoms. The Morgan fingerprint density at radius 3 is 2.44 bits per heavy atom. The second-order valence-electron chi connectivity index (χ2n) is 9.04. The Kier molecular flexibility index (Phi) is 6.21. The fourth-order valence-electron chi connectivity index (χ4n) is 4.44. The molecule has 0 unspecified atom stereocenters. The lowest BCUT2D eigenvalue weighted by Gasteiger charge is -2.21. The standard InChI is InChI=1S/C29H28N6O/c1-19-9-5-7-11-25(19)34(4)18-22-13-15-24-23(17-22)14-16-27(30-24)31-29(36)28-21(3)35(33-32-28)26-12-8-6-10-20(26)2/h5-17H,18H2,1-4H3,(H,30,31,36). The van der Waals surface area contributed by atoms with Gasteiger partial charge in [-0.1, -0.05) is 47.7 Å². The zero-order chi connectivity index (χ0) is 25.2. The average Bonchev–Trinajstić information content (AvgIpc) is 3.25. The number of rotatable bonds is 6. The number of para-hydroxylation sites is 2. The van der Waals surface area contributed by atoms with Crippen LogP contribution in [0.4, 0.5) is 11.5 Å². The van der Waals surface area contributed by atoms with E-state index in [-0.39, 0.29) is 11.6 Å². The Morgan fingerprint density at radius 2 is 1.67 bits per heavy atom. The highest BCUT2D eigenvalue weighted by Gasteiger charge is 2.19. The molecule has 0 aliphatic carbocycles. The lowest BCUT2D eigenvalue weighted by molar-refractivity contribution is 0.102. The van der Waals surface area contributed by atoms with Gasteiger partial charge in [0, 0.05) is 24.7 Å². The summed E-state index contributed by atoms with van der Waals surface area (Å²) in [4.78, 5) is 19.8. The van der Waals surface area contributed by atoms with Crippen molar-refractivity contribution >= 4 is 28.3 Å². The molecule has 0 radical (unpaired) electrons. The predicted molar refractivity (Wildman–Crippen MR) is 144 cm³/mol. The Labute approximate surface area is 210 Å². The fourth-order valence-corrected chi connectivity index (χ4v) is 4.44. The minimum Gasteiger partial charge on any atom is -0.370 e. The van der Waals surface area contributed by atoms with E-state index >= 15 is 0 Å². The molecule has 7 nitrogen and oxygen atoms in total. The Bertz CT molecular complexity index is 1570. The van der Waals surface area contributed by atoms with Crippen molar-refractivity contribution < 1.29 is 4.79 Å². The molecular weight excluding hydrogens is 448 g/mol. The van der Waals surface area contributed by atoms with Crippen LogP contribution in [-0.4, -0.2) is 32.9 Å². The molecule has 5 rings (SSSR count). The van der Waals surface area contributed by atoms with E-state index in [1.54, 1.807) is 4.68 Å². The van der Waals surface area contributed by atoms with Gasteiger partial charge in [0.1, 0.15) is 5.82 Å². The van der Waals surface area contributed by atoms with Gasteiger partial charge in [0.05, 0.1) is 16.9 Å².